The molecular weight excluding hydrogens is 606 g/mol. The summed E-state index contributed by atoms with van der Waals surface area (Å²) in [6.45, 7) is 13.7. The molecule has 1 fully saturated rings. The highest BCUT2D eigenvalue weighted by atomic mass is 79.9. The van der Waals surface area contributed by atoms with Crippen molar-refractivity contribution >= 4 is 32.9 Å². The van der Waals surface area contributed by atoms with E-state index in [0.29, 0.717) is 32.3 Å². The lowest BCUT2D eigenvalue weighted by Gasteiger charge is -2.25. The van der Waals surface area contributed by atoms with Gasteiger partial charge in [0.15, 0.2) is 0 Å². The summed E-state index contributed by atoms with van der Waals surface area (Å²) in [5.74, 6) is 2.52. The van der Waals surface area contributed by atoms with E-state index in [0.717, 1.165) is 76.6 Å². The van der Waals surface area contributed by atoms with E-state index in [1.165, 1.54) is 10.9 Å². The Morgan fingerprint density at radius 3 is 2.44 bits per heavy atom. The van der Waals surface area contributed by atoms with Crippen LogP contribution >= 0.6 is 15.9 Å². The molecule has 5 rings (SSSR count). The van der Waals surface area contributed by atoms with Gasteiger partial charge in [0.2, 0.25) is 0 Å². The molecule has 228 valence electrons. The molecule has 0 bridgehead atoms. The van der Waals surface area contributed by atoms with Crippen LogP contribution in [0.3, 0.4) is 0 Å². The number of nitrogens with zero attached hydrogens (tertiary/aromatic N) is 1. The van der Waals surface area contributed by atoms with Gasteiger partial charge < -0.3 is 18.6 Å². The summed E-state index contributed by atoms with van der Waals surface area (Å²) in [7, 11) is 0. The molecule has 43 heavy (non-hydrogen) atoms. The summed E-state index contributed by atoms with van der Waals surface area (Å²) in [6, 6.07) is 18.6. The second-order valence-corrected chi connectivity index (χ2v) is 12.6. The normalized spacial score (nSPS) is 16.0. The number of likely N-dealkylation sites (tertiary alicyclic amines) is 1. The Bertz CT molecular complexity index is 1550. The zero-order valence-electron chi connectivity index (χ0n) is 25.9. The van der Waals surface area contributed by atoms with Crippen LogP contribution in [0, 0.1) is 27.7 Å². The van der Waals surface area contributed by atoms with Crippen LogP contribution in [0.1, 0.15) is 58.9 Å². The first-order chi connectivity index (χ1) is 20.8. The van der Waals surface area contributed by atoms with Crippen molar-refractivity contribution in [3.8, 4) is 11.5 Å². The smallest absolute Gasteiger partial charge is 0.320 e. The first kappa shape index (κ1) is 31.1. The van der Waals surface area contributed by atoms with E-state index in [4.69, 9.17) is 18.6 Å². The summed E-state index contributed by atoms with van der Waals surface area (Å²) in [5, 5.41) is 1.18. The van der Waals surface area contributed by atoms with E-state index in [9.17, 15) is 4.79 Å². The van der Waals surface area contributed by atoms with E-state index in [1.807, 2.05) is 49.4 Å². The van der Waals surface area contributed by atoms with Crippen molar-refractivity contribution in [3.63, 3.8) is 0 Å². The lowest BCUT2D eigenvalue weighted by atomic mass is 9.97. The summed E-state index contributed by atoms with van der Waals surface area (Å²) >= 11 is 3.43. The number of ether oxygens (including phenoxy) is 3. The van der Waals surface area contributed by atoms with Gasteiger partial charge in [-0.05, 0) is 94.8 Å². The molecule has 0 spiro atoms. The minimum absolute atomic E-state index is 0.235. The van der Waals surface area contributed by atoms with Gasteiger partial charge in [0.05, 0.1) is 6.61 Å². The van der Waals surface area contributed by atoms with Crippen LogP contribution in [0.4, 0.5) is 0 Å². The molecule has 3 aromatic carbocycles. The average molecular weight is 649 g/mol. The third kappa shape index (κ3) is 7.10. The van der Waals surface area contributed by atoms with Crippen molar-refractivity contribution in [3.05, 3.63) is 93.7 Å². The molecule has 0 radical (unpaired) electrons. The van der Waals surface area contributed by atoms with Crippen molar-refractivity contribution in [2.45, 2.75) is 77.9 Å². The highest BCUT2D eigenvalue weighted by Gasteiger charge is 2.29. The second-order valence-electron chi connectivity index (χ2n) is 11.5. The van der Waals surface area contributed by atoms with Crippen LogP contribution in [-0.2, 0) is 29.1 Å². The molecule has 2 atom stereocenters. The summed E-state index contributed by atoms with van der Waals surface area (Å²) in [6.07, 6.45) is 2.82. The van der Waals surface area contributed by atoms with Crippen LogP contribution in [-0.4, -0.2) is 41.5 Å². The molecule has 0 amide bonds. The van der Waals surface area contributed by atoms with Gasteiger partial charge in [-0.1, -0.05) is 58.4 Å². The van der Waals surface area contributed by atoms with Crippen LogP contribution in [0.15, 0.2) is 59.0 Å². The van der Waals surface area contributed by atoms with E-state index in [2.05, 4.69) is 60.7 Å². The van der Waals surface area contributed by atoms with E-state index in [-0.39, 0.29) is 10.8 Å². The monoisotopic (exact) mass is 647 g/mol. The summed E-state index contributed by atoms with van der Waals surface area (Å²) in [4.78, 5) is 14.1. The SMILES string of the molecule is CCOC(=O)C(Br)Cc1ccc(OC[C@@H]2CCCN2Cc2c(C)oc3c(C)c(C)c(OCc4ccccc4)c(C)c23)cc1. The fourth-order valence-corrected chi connectivity index (χ4v) is 6.55. The van der Waals surface area contributed by atoms with Crippen molar-refractivity contribution in [2.24, 2.45) is 0 Å². The third-order valence-electron chi connectivity index (χ3n) is 8.58. The molecule has 1 saturated heterocycles. The maximum Gasteiger partial charge on any atom is 0.320 e. The number of carbonyl (C=O) groups is 1. The second kappa shape index (κ2) is 14.0. The molecule has 0 N–H and O–H groups in total. The molecule has 1 aliphatic heterocycles. The number of alkyl halides is 1. The predicted molar refractivity (Wildman–Crippen MR) is 174 cm³/mol. The molecule has 0 aliphatic carbocycles. The predicted octanol–water partition coefficient (Wildman–Crippen LogP) is 8.16. The number of fused-ring (bicyclic) bond motifs is 1. The van der Waals surface area contributed by atoms with Crippen LogP contribution in [0.25, 0.3) is 11.0 Å². The zero-order chi connectivity index (χ0) is 30.5. The highest BCUT2D eigenvalue weighted by Crippen LogP contribution is 2.40. The minimum atomic E-state index is -0.350. The summed E-state index contributed by atoms with van der Waals surface area (Å²) < 4.78 is 24.2. The molecule has 2 heterocycles. The number of rotatable bonds is 12. The van der Waals surface area contributed by atoms with Gasteiger partial charge in [-0.3, -0.25) is 9.69 Å². The molecule has 7 heteroatoms. The van der Waals surface area contributed by atoms with Crippen molar-refractivity contribution in [1.82, 2.24) is 4.90 Å². The van der Waals surface area contributed by atoms with Crippen molar-refractivity contribution in [1.29, 1.82) is 0 Å². The number of benzene rings is 3. The van der Waals surface area contributed by atoms with Crippen LogP contribution in [0.5, 0.6) is 11.5 Å². The van der Waals surface area contributed by atoms with Gasteiger partial charge >= 0.3 is 5.97 Å². The molecule has 6 nitrogen and oxygen atoms in total. The number of halogens is 1. The quantitative estimate of drug-likeness (QED) is 0.114. The molecule has 1 aliphatic rings. The lowest BCUT2D eigenvalue weighted by Crippen LogP contribution is -2.33. The first-order valence-corrected chi connectivity index (χ1v) is 16.1. The Morgan fingerprint density at radius 1 is 0.977 bits per heavy atom. The Balaban J connectivity index is 1.27. The zero-order valence-corrected chi connectivity index (χ0v) is 27.5. The van der Waals surface area contributed by atoms with Crippen LogP contribution in [0.2, 0.25) is 0 Å². The molecule has 4 aromatic rings. The topological polar surface area (TPSA) is 61.1 Å². The van der Waals surface area contributed by atoms with E-state index < -0.39 is 0 Å². The number of hydrogen-bond donors (Lipinski definition) is 0. The maximum absolute atomic E-state index is 11.9. The fraction of sp³-hybridized carbons (Fsp3) is 0.417. The van der Waals surface area contributed by atoms with Gasteiger partial charge in [0.25, 0.3) is 0 Å². The van der Waals surface area contributed by atoms with Crippen molar-refractivity contribution in [2.75, 3.05) is 19.8 Å². The average Bonchev–Trinajstić information content (AvgIpc) is 3.60. The molecule has 0 saturated carbocycles. The molecule has 1 aromatic heterocycles. The van der Waals surface area contributed by atoms with Crippen molar-refractivity contribution < 1.29 is 23.4 Å². The minimum Gasteiger partial charge on any atom is -0.492 e. The third-order valence-corrected chi connectivity index (χ3v) is 9.28. The fourth-order valence-electron chi connectivity index (χ4n) is 6.04. The first-order valence-electron chi connectivity index (χ1n) is 15.2. The Labute approximate surface area is 263 Å². The lowest BCUT2D eigenvalue weighted by molar-refractivity contribution is -0.142. The van der Waals surface area contributed by atoms with Gasteiger partial charge in [-0.25, -0.2) is 0 Å². The Kier molecular flexibility index (Phi) is 10.1. The number of hydrogen-bond acceptors (Lipinski definition) is 6. The Morgan fingerprint density at radius 2 is 1.72 bits per heavy atom. The van der Waals surface area contributed by atoms with Crippen LogP contribution < -0.4 is 9.47 Å². The van der Waals surface area contributed by atoms with Gasteiger partial charge in [-0.2, -0.15) is 0 Å². The van der Waals surface area contributed by atoms with E-state index >= 15 is 0 Å². The number of carbonyl (C=O) groups excluding carboxylic acids is 1. The summed E-state index contributed by atoms with van der Waals surface area (Å²) in [5.41, 5.74) is 7.82. The molecule has 1 unspecified atom stereocenters. The Hall–Kier alpha value is -3.29. The van der Waals surface area contributed by atoms with Gasteiger partial charge in [0.1, 0.15) is 40.9 Å². The number of aryl methyl sites for hydroxylation is 3. The van der Waals surface area contributed by atoms with Gasteiger partial charge in [0, 0.05) is 29.1 Å². The van der Waals surface area contributed by atoms with E-state index in [1.54, 1.807) is 0 Å². The highest BCUT2D eigenvalue weighted by molar-refractivity contribution is 9.10. The van der Waals surface area contributed by atoms with Gasteiger partial charge in [-0.15, -0.1) is 0 Å². The maximum atomic E-state index is 11.9. The number of furan rings is 1. The largest absolute Gasteiger partial charge is 0.492 e. The molecular formula is C36H42BrNO5. The standard InChI is InChI=1S/C36H42BrNO5/c1-6-40-36(39)32(37)19-27-14-16-30(17-15-27)41-22-29-13-10-18-38(29)20-31-26(5)43-35-24(3)23(2)34(25(4)33(31)35)42-21-28-11-8-7-9-12-28/h7-9,11-12,14-17,29,32H,6,10,13,18-22H2,1-5H3/t29-,32?/m0/s1. The number of esters is 1.